The number of hydrogen-bond donors (Lipinski definition) is 3. The minimum atomic E-state index is -1.67. The van der Waals surface area contributed by atoms with E-state index in [1.165, 1.54) is 18.4 Å². The van der Waals surface area contributed by atoms with Gasteiger partial charge < -0.3 is 24.7 Å². The highest BCUT2D eigenvalue weighted by atomic mass is 32.1. The number of halogens is 1. The lowest BCUT2D eigenvalue weighted by molar-refractivity contribution is -0.00260. The van der Waals surface area contributed by atoms with Crippen LogP contribution in [-0.2, 0) is 7.05 Å². The Hall–Kier alpha value is -3.50. The van der Waals surface area contributed by atoms with Crippen molar-refractivity contribution in [2.24, 2.45) is 7.05 Å². The number of amides is 1. The molecule has 0 spiro atoms. The first kappa shape index (κ1) is 26.6. The molecule has 37 heavy (non-hydrogen) atoms. The van der Waals surface area contributed by atoms with Crippen LogP contribution < -0.4 is 15.6 Å². The zero-order valence-corrected chi connectivity index (χ0v) is 22.7. The van der Waals surface area contributed by atoms with E-state index in [-0.39, 0.29) is 33.6 Å². The third-order valence-electron chi connectivity index (χ3n) is 5.93. The number of nitrogens with one attached hydrogen (secondary N) is 2. The number of hydrogen-bond acceptors (Lipinski definition) is 6. The summed E-state index contributed by atoms with van der Waals surface area (Å²) in [5.41, 5.74) is 0.781. The van der Waals surface area contributed by atoms with E-state index >= 15 is 4.39 Å². The summed E-state index contributed by atoms with van der Waals surface area (Å²) in [5.74, 6) is 0.626. The second kappa shape index (κ2) is 9.75. The molecule has 4 aromatic heterocycles. The highest BCUT2D eigenvalue weighted by molar-refractivity contribution is 7.16. The number of fused-ring (bicyclic) bond motifs is 1. The fourth-order valence-electron chi connectivity index (χ4n) is 4.07. The van der Waals surface area contributed by atoms with Crippen LogP contribution in [0, 0.1) is 13.8 Å². The molecule has 0 aliphatic heterocycles. The third-order valence-corrected chi connectivity index (χ3v) is 7.11. The van der Waals surface area contributed by atoms with Crippen molar-refractivity contribution >= 4 is 28.1 Å². The van der Waals surface area contributed by atoms with E-state index in [0.717, 1.165) is 22.5 Å². The molecule has 0 aliphatic carbocycles. The van der Waals surface area contributed by atoms with Gasteiger partial charge in [0.15, 0.2) is 6.17 Å². The van der Waals surface area contributed by atoms with Crippen LogP contribution in [0.3, 0.4) is 0 Å². The Morgan fingerprint density at radius 3 is 2.49 bits per heavy atom. The normalized spacial score (nSPS) is 12.8. The van der Waals surface area contributed by atoms with Gasteiger partial charge in [-0.05, 0) is 53.7 Å². The van der Waals surface area contributed by atoms with Gasteiger partial charge in [-0.25, -0.2) is 4.39 Å². The minimum absolute atomic E-state index is 0.0868. The lowest BCUT2D eigenvalue weighted by atomic mass is 10.0. The second-order valence-corrected chi connectivity index (χ2v) is 11.2. The molecular formula is C27H31FN4O4S. The number of carbonyl (C=O) groups excluding carboxylic acids is 1. The molecule has 4 rings (SSSR count). The van der Waals surface area contributed by atoms with Crippen LogP contribution in [-0.4, -0.2) is 37.2 Å². The van der Waals surface area contributed by atoms with E-state index in [1.807, 2.05) is 27.7 Å². The Balaban J connectivity index is 1.96. The average Bonchev–Trinajstić information content (AvgIpc) is 3.42. The van der Waals surface area contributed by atoms with Gasteiger partial charge in [0.25, 0.3) is 11.5 Å². The number of ether oxygens (including phenoxy) is 1. The van der Waals surface area contributed by atoms with Crippen molar-refractivity contribution in [3.8, 4) is 21.9 Å². The summed E-state index contributed by atoms with van der Waals surface area (Å²) >= 11 is 1.13. The molecule has 0 aliphatic rings. The average molecular weight is 527 g/mol. The van der Waals surface area contributed by atoms with Crippen molar-refractivity contribution in [3.05, 3.63) is 62.8 Å². The number of aromatic nitrogens is 3. The van der Waals surface area contributed by atoms with E-state index in [2.05, 4.69) is 15.3 Å². The maximum absolute atomic E-state index is 15.3. The highest BCUT2D eigenvalue weighted by Gasteiger charge is 2.32. The Labute approximate surface area is 218 Å². The van der Waals surface area contributed by atoms with Crippen LogP contribution in [0.2, 0.25) is 0 Å². The van der Waals surface area contributed by atoms with Crippen molar-refractivity contribution in [2.75, 3.05) is 0 Å². The van der Waals surface area contributed by atoms with E-state index in [0.29, 0.717) is 27.3 Å². The van der Waals surface area contributed by atoms with E-state index in [1.54, 1.807) is 37.8 Å². The fraction of sp³-hybridized carbons (Fsp3) is 0.370. The molecular weight excluding hydrogens is 495 g/mol. The maximum atomic E-state index is 15.3. The number of pyridine rings is 2. The molecule has 0 saturated carbocycles. The van der Waals surface area contributed by atoms with E-state index in [9.17, 15) is 14.7 Å². The van der Waals surface area contributed by atoms with Gasteiger partial charge in [-0.15, -0.1) is 11.3 Å². The van der Waals surface area contributed by atoms with Gasteiger partial charge in [-0.1, -0.05) is 0 Å². The lowest BCUT2D eigenvalue weighted by Gasteiger charge is -2.20. The zero-order valence-electron chi connectivity index (χ0n) is 21.9. The summed E-state index contributed by atoms with van der Waals surface area (Å²) < 4.78 is 23.1. The molecule has 1 unspecified atom stereocenters. The van der Waals surface area contributed by atoms with Gasteiger partial charge in [0.2, 0.25) is 0 Å². The number of thiophene rings is 1. The summed E-state index contributed by atoms with van der Waals surface area (Å²) in [7, 11) is 1.61. The molecule has 1 atom stereocenters. The van der Waals surface area contributed by atoms with Gasteiger partial charge >= 0.3 is 0 Å². The molecule has 0 bridgehead atoms. The lowest BCUT2D eigenvalue weighted by Crippen LogP contribution is -2.30. The van der Waals surface area contributed by atoms with Crippen LogP contribution in [0.1, 0.15) is 60.4 Å². The molecule has 8 nitrogen and oxygen atoms in total. The number of rotatable bonds is 7. The standard InChI is InChI=1S/C27H31FN4O4S/c1-13(2)30-25(33)18-8-16-17(12-32(7)26(34)21(16)31-18)23-19(9-20(37-23)24(28)27(5,6)35)36-22-14(3)10-29-11-15(22)4/h8-13,24,31,35H,1-7H3,(H,30,33). The van der Waals surface area contributed by atoms with Gasteiger partial charge in [-0.3, -0.25) is 14.6 Å². The fourth-order valence-corrected chi connectivity index (χ4v) is 5.33. The number of carbonyl (C=O) groups is 1. The van der Waals surface area contributed by atoms with Crippen molar-refractivity contribution in [1.82, 2.24) is 19.9 Å². The molecule has 0 aromatic carbocycles. The van der Waals surface area contributed by atoms with E-state index in [4.69, 9.17) is 4.74 Å². The Morgan fingerprint density at radius 2 is 1.89 bits per heavy atom. The van der Waals surface area contributed by atoms with Gasteiger partial charge in [0, 0.05) is 58.6 Å². The Bertz CT molecular complexity index is 1520. The molecule has 3 N–H and O–H groups in total. The Morgan fingerprint density at radius 1 is 1.24 bits per heavy atom. The van der Waals surface area contributed by atoms with Crippen molar-refractivity contribution < 1.29 is 19.0 Å². The van der Waals surface area contributed by atoms with Crippen LogP contribution in [0.5, 0.6) is 11.5 Å². The van der Waals surface area contributed by atoms with Crippen molar-refractivity contribution in [3.63, 3.8) is 0 Å². The van der Waals surface area contributed by atoms with Crippen LogP contribution in [0.25, 0.3) is 21.3 Å². The first-order valence-corrected chi connectivity index (χ1v) is 12.7. The molecule has 0 saturated heterocycles. The SMILES string of the molecule is Cc1cncc(C)c1Oc1cc(C(F)C(C)(C)O)sc1-c1cn(C)c(=O)c2[nH]c(C(=O)NC(C)C)cc12. The maximum Gasteiger partial charge on any atom is 0.274 e. The summed E-state index contributed by atoms with van der Waals surface area (Å²) in [6.45, 7) is 10.2. The number of H-pyrrole nitrogens is 1. The largest absolute Gasteiger partial charge is 0.455 e. The predicted octanol–water partition coefficient (Wildman–Crippen LogP) is 5.32. The quantitative estimate of drug-likeness (QED) is 0.302. The number of aliphatic hydroxyl groups is 1. The molecule has 196 valence electrons. The molecule has 0 fully saturated rings. The minimum Gasteiger partial charge on any atom is -0.455 e. The number of nitrogens with zero attached hydrogens (tertiary/aromatic N) is 2. The molecule has 10 heteroatoms. The van der Waals surface area contributed by atoms with Crippen LogP contribution in [0.4, 0.5) is 4.39 Å². The smallest absolute Gasteiger partial charge is 0.274 e. The topological polar surface area (TPSA) is 109 Å². The first-order valence-electron chi connectivity index (χ1n) is 11.9. The molecule has 0 radical (unpaired) electrons. The summed E-state index contributed by atoms with van der Waals surface area (Å²) in [4.78, 5) is 33.6. The molecule has 4 heterocycles. The number of aromatic amines is 1. The second-order valence-electron chi connectivity index (χ2n) is 10.1. The number of alkyl halides is 1. The van der Waals surface area contributed by atoms with Gasteiger partial charge in [-0.2, -0.15) is 0 Å². The van der Waals surface area contributed by atoms with Crippen molar-refractivity contribution in [1.29, 1.82) is 0 Å². The van der Waals surface area contributed by atoms with Gasteiger partial charge in [0.1, 0.15) is 22.7 Å². The third kappa shape index (κ3) is 5.17. The predicted molar refractivity (Wildman–Crippen MR) is 143 cm³/mol. The summed E-state index contributed by atoms with van der Waals surface area (Å²) in [6, 6.07) is 3.12. The monoisotopic (exact) mass is 526 g/mol. The van der Waals surface area contributed by atoms with Crippen LogP contribution in [0.15, 0.2) is 35.5 Å². The van der Waals surface area contributed by atoms with Crippen LogP contribution >= 0.6 is 11.3 Å². The highest BCUT2D eigenvalue weighted by Crippen LogP contribution is 2.47. The van der Waals surface area contributed by atoms with Gasteiger partial charge in [0.05, 0.1) is 10.5 Å². The molecule has 1 amide bonds. The summed E-state index contributed by atoms with van der Waals surface area (Å²) in [6.07, 6.45) is 3.34. The number of aryl methyl sites for hydroxylation is 3. The summed E-state index contributed by atoms with van der Waals surface area (Å²) in [5, 5.41) is 13.7. The zero-order chi connectivity index (χ0) is 27.2. The Kier molecular flexibility index (Phi) is 7.00. The van der Waals surface area contributed by atoms with E-state index < -0.39 is 11.8 Å². The van der Waals surface area contributed by atoms with Crippen molar-refractivity contribution in [2.45, 2.75) is 59.4 Å². The first-order chi connectivity index (χ1) is 17.3. The molecule has 4 aromatic rings.